The van der Waals surface area contributed by atoms with Gasteiger partial charge in [-0.15, -0.1) is 0 Å². The number of hydrogen-bond donors (Lipinski definition) is 1. The zero-order chi connectivity index (χ0) is 19.9. The summed E-state index contributed by atoms with van der Waals surface area (Å²) in [6, 6.07) is 17.3. The van der Waals surface area contributed by atoms with Crippen LogP contribution in [0.4, 0.5) is 0 Å². The Kier molecular flexibility index (Phi) is 6.49. The van der Waals surface area contributed by atoms with Gasteiger partial charge in [0.25, 0.3) is 5.91 Å². The number of pyridine rings is 1. The van der Waals surface area contributed by atoms with Gasteiger partial charge in [0.05, 0.1) is 29.0 Å². The summed E-state index contributed by atoms with van der Waals surface area (Å²) in [6.45, 7) is 0. The standard InChI is InChI=1S/C21H20N2O4S/c1-27-21(25)19(11-12-28(26)17-8-3-2-4-9-17)23-20(24)16-13-15-7-5-6-10-18(15)22-14-16/h2-10,13-14,19H,11-12H2,1H3,(H,23,24)/t19-,28-/m1/s1. The fourth-order valence-corrected chi connectivity index (χ4v) is 3.89. The summed E-state index contributed by atoms with van der Waals surface area (Å²) in [6.07, 6.45) is 1.66. The van der Waals surface area contributed by atoms with Gasteiger partial charge in [0, 0.05) is 22.2 Å². The van der Waals surface area contributed by atoms with Crippen molar-refractivity contribution in [3.63, 3.8) is 0 Å². The molecule has 7 heteroatoms. The Hall–Kier alpha value is -3.06. The number of carbonyl (C=O) groups excluding carboxylic acids is 2. The quantitative estimate of drug-likeness (QED) is 0.621. The summed E-state index contributed by atoms with van der Waals surface area (Å²) in [4.78, 5) is 29.6. The van der Waals surface area contributed by atoms with E-state index in [2.05, 4.69) is 10.3 Å². The molecule has 0 bridgehead atoms. The first-order valence-electron chi connectivity index (χ1n) is 8.75. The highest BCUT2D eigenvalue weighted by molar-refractivity contribution is 7.85. The van der Waals surface area contributed by atoms with Crippen molar-refractivity contribution in [1.29, 1.82) is 0 Å². The highest BCUT2D eigenvalue weighted by Gasteiger charge is 2.23. The lowest BCUT2D eigenvalue weighted by Gasteiger charge is -2.16. The van der Waals surface area contributed by atoms with Gasteiger partial charge in [-0.05, 0) is 30.7 Å². The highest BCUT2D eigenvalue weighted by Crippen LogP contribution is 2.13. The van der Waals surface area contributed by atoms with E-state index in [0.717, 1.165) is 10.9 Å². The van der Waals surface area contributed by atoms with E-state index in [1.807, 2.05) is 30.3 Å². The molecule has 1 heterocycles. The molecule has 0 aliphatic carbocycles. The van der Waals surface area contributed by atoms with Gasteiger partial charge >= 0.3 is 5.97 Å². The van der Waals surface area contributed by atoms with Gasteiger partial charge in [0.15, 0.2) is 0 Å². The maximum atomic E-state index is 12.6. The molecule has 0 unspecified atom stereocenters. The number of aromatic nitrogens is 1. The van der Waals surface area contributed by atoms with Gasteiger partial charge in [-0.3, -0.25) is 14.0 Å². The molecule has 0 aliphatic heterocycles. The Balaban J connectivity index is 1.69. The molecule has 1 N–H and O–H groups in total. The zero-order valence-corrected chi connectivity index (χ0v) is 16.1. The molecule has 2 aromatic carbocycles. The van der Waals surface area contributed by atoms with Crippen LogP contribution in [0.2, 0.25) is 0 Å². The number of nitrogens with one attached hydrogen (secondary N) is 1. The maximum absolute atomic E-state index is 12.6. The van der Waals surface area contributed by atoms with Crippen molar-refractivity contribution >= 4 is 33.6 Å². The number of methoxy groups -OCH3 is 1. The second-order valence-electron chi connectivity index (χ2n) is 6.12. The average Bonchev–Trinajstić information content (AvgIpc) is 2.75. The third kappa shape index (κ3) is 4.80. The van der Waals surface area contributed by atoms with Gasteiger partial charge in [-0.25, -0.2) is 4.79 Å². The van der Waals surface area contributed by atoms with Gasteiger partial charge in [0.1, 0.15) is 6.04 Å². The fraction of sp³-hybridized carbons (Fsp3) is 0.190. The Morgan fingerprint density at radius 3 is 2.57 bits per heavy atom. The molecule has 0 saturated heterocycles. The number of esters is 1. The minimum atomic E-state index is -1.27. The fourth-order valence-electron chi connectivity index (χ4n) is 2.74. The average molecular weight is 396 g/mol. The molecule has 0 aliphatic rings. The molecule has 0 spiro atoms. The Morgan fingerprint density at radius 2 is 1.82 bits per heavy atom. The second-order valence-corrected chi connectivity index (χ2v) is 7.69. The lowest BCUT2D eigenvalue weighted by molar-refractivity contribution is -0.142. The molecule has 0 fully saturated rings. The summed E-state index contributed by atoms with van der Waals surface area (Å²) in [5.74, 6) is -0.786. The number of hydrogen-bond acceptors (Lipinski definition) is 5. The number of para-hydroxylation sites is 1. The molecule has 1 amide bonds. The number of rotatable bonds is 7. The molecule has 0 radical (unpaired) electrons. The number of benzene rings is 2. The molecule has 2 atom stereocenters. The lowest BCUT2D eigenvalue weighted by Crippen LogP contribution is -2.42. The Morgan fingerprint density at radius 1 is 1.11 bits per heavy atom. The first-order valence-corrected chi connectivity index (χ1v) is 10.1. The topological polar surface area (TPSA) is 85.4 Å². The molecule has 1 aromatic heterocycles. The molecular formula is C21H20N2O4S. The summed E-state index contributed by atoms with van der Waals surface area (Å²) < 4.78 is 17.2. The molecule has 144 valence electrons. The minimum absolute atomic E-state index is 0.195. The maximum Gasteiger partial charge on any atom is 0.328 e. The predicted octanol–water partition coefficient (Wildman–Crippen LogP) is 2.70. The van der Waals surface area contributed by atoms with E-state index in [1.165, 1.54) is 13.3 Å². The number of fused-ring (bicyclic) bond motifs is 1. The van der Waals surface area contributed by atoms with Crippen LogP contribution in [0, 0.1) is 0 Å². The largest absolute Gasteiger partial charge is 0.467 e. The van der Waals surface area contributed by atoms with Crippen LogP contribution in [0.1, 0.15) is 16.8 Å². The van der Waals surface area contributed by atoms with E-state index in [-0.39, 0.29) is 12.2 Å². The van der Waals surface area contributed by atoms with Crippen molar-refractivity contribution in [3.8, 4) is 0 Å². The van der Waals surface area contributed by atoms with Crippen LogP contribution < -0.4 is 5.32 Å². The van der Waals surface area contributed by atoms with Crippen molar-refractivity contribution in [2.24, 2.45) is 0 Å². The summed E-state index contributed by atoms with van der Waals surface area (Å²) in [5.41, 5.74) is 1.12. The number of ether oxygens (including phenoxy) is 1. The first kappa shape index (κ1) is 19.7. The molecule has 0 saturated carbocycles. The van der Waals surface area contributed by atoms with Gasteiger partial charge in [0.2, 0.25) is 0 Å². The van der Waals surface area contributed by atoms with E-state index in [9.17, 15) is 13.8 Å². The lowest BCUT2D eigenvalue weighted by atomic mass is 10.1. The van der Waals surface area contributed by atoms with Crippen LogP contribution in [-0.4, -0.2) is 40.0 Å². The highest BCUT2D eigenvalue weighted by atomic mass is 32.2. The summed E-state index contributed by atoms with van der Waals surface area (Å²) in [5, 5.41) is 3.50. The van der Waals surface area contributed by atoms with Crippen molar-refractivity contribution < 1.29 is 18.5 Å². The van der Waals surface area contributed by atoms with Crippen molar-refractivity contribution in [1.82, 2.24) is 10.3 Å². The molecule has 3 aromatic rings. The molecule has 28 heavy (non-hydrogen) atoms. The summed E-state index contributed by atoms with van der Waals surface area (Å²) in [7, 11) is -0.0147. The van der Waals surface area contributed by atoms with E-state index in [4.69, 9.17) is 4.74 Å². The van der Waals surface area contributed by atoms with E-state index in [0.29, 0.717) is 10.5 Å². The normalized spacial score (nSPS) is 12.9. The van der Waals surface area contributed by atoms with Gasteiger partial charge in [-0.1, -0.05) is 36.4 Å². The molecule has 6 nitrogen and oxygen atoms in total. The van der Waals surface area contributed by atoms with E-state index >= 15 is 0 Å². The van der Waals surface area contributed by atoms with Crippen LogP contribution in [0.25, 0.3) is 10.9 Å². The van der Waals surface area contributed by atoms with Crippen LogP contribution >= 0.6 is 0 Å². The van der Waals surface area contributed by atoms with Crippen LogP contribution in [-0.2, 0) is 20.3 Å². The van der Waals surface area contributed by atoms with Crippen molar-refractivity contribution in [2.75, 3.05) is 12.9 Å². The Labute approximate surface area is 165 Å². The van der Waals surface area contributed by atoms with Crippen molar-refractivity contribution in [3.05, 3.63) is 72.4 Å². The number of nitrogens with zero attached hydrogens (tertiary/aromatic N) is 1. The van der Waals surface area contributed by atoms with E-state index in [1.54, 1.807) is 30.3 Å². The van der Waals surface area contributed by atoms with E-state index < -0.39 is 28.7 Å². The third-order valence-electron chi connectivity index (χ3n) is 4.24. The zero-order valence-electron chi connectivity index (χ0n) is 15.3. The molecular weight excluding hydrogens is 376 g/mol. The molecule has 3 rings (SSSR count). The van der Waals surface area contributed by atoms with Crippen LogP contribution in [0.5, 0.6) is 0 Å². The first-order chi connectivity index (χ1) is 13.6. The number of amides is 1. The van der Waals surface area contributed by atoms with Gasteiger partial charge in [-0.2, -0.15) is 0 Å². The van der Waals surface area contributed by atoms with Gasteiger partial charge < -0.3 is 10.1 Å². The minimum Gasteiger partial charge on any atom is -0.467 e. The Bertz CT molecular complexity index is 1010. The second kappa shape index (κ2) is 9.23. The van der Waals surface area contributed by atoms with Crippen LogP contribution in [0.15, 0.2) is 71.8 Å². The van der Waals surface area contributed by atoms with Crippen LogP contribution in [0.3, 0.4) is 0 Å². The van der Waals surface area contributed by atoms with Crippen molar-refractivity contribution in [2.45, 2.75) is 17.4 Å². The SMILES string of the molecule is COC(=O)[C@@H](CC[S@@](=O)c1ccccc1)NC(=O)c1cnc2ccccc2c1. The summed E-state index contributed by atoms with van der Waals surface area (Å²) >= 11 is 0. The number of carbonyl (C=O) groups is 2. The third-order valence-corrected chi connectivity index (χ3v) is 5.65. The predicted molar refractivity (Wildman–Crippen MR) is 107 cm³/mol. The monoisotopic (exact) mass is 396 g/mol. The smallest absolute Gasteiger partial charge is 0.328 e.